The van der Waals surface area contributed by atoms with Crippen molar-refractivity contribution >= 4 is 17.3 Å². The predicted octanol–water partition coefficient (Wildman–Crippen LogP) is 3.10. The molecule has 1 saturated heterocycles. The Morgan fingerprint density at radius 3 is 2.95 bits per heavy atom. The third kappa shape index (κ3) is 3.76. The van der Waals surface area contributed by atoms with Gasteiger partial charge in [-0.05, 0) is 19.4 Å². The van der Waals surface area contributed by atoms with Gasteiger partial charge in [-0.15, -0.1) is 11.3 Å². The normalized spacial score (nSPS) is 21.5. The van der Waals surface area contributed by atoms with Crippen LogP contribution in [-0.4, -0.2) is 33.5 Å². The summed E-state index contributed by atoms with van der Waals surface area (Å²) in [6.45, 7) is 5.80. The molecule has 1 atom stereocenters. The van der Waals surface area contributed by atoms with Gasteiger partial charge in [-0.2, -0.15) is 0 Å². The van der Waals surface area contributed by atoms with Crippen molar-refractivity contribution in [2.24, 2.45) is 0 Å². The van der Waals surface area contributed by atoms with Crippen LogP contribution in [0.5, 0.6) is 0 Å². The van der Waals surface area contributed by atoms with Gasteiger partial charge in [0.1, 0.15) is 6.04 Å². The van der Waals surface area contributed by atoms with Crippen molar-refractivity contribution in [3.05, 3.63) is 16.1 Å². The van der Waals surface area contributed by atoms with E-state index in [-0.39, 0.29) is 6.04 Å². The molecule has 1 fully saturated rings. The molecule has 0 spiro atoms. The maximum Gasteiger partial charge on any atom is 0.320 e. The highest BCUT2D eigenvalue weighted by Gasteiger charge is 2.27. The number of hydrogen-bond donors (Lipinski definition) is 1. The highest BCUT2D eigenvalue weighted by Crippen LogP contribution is 2.23. The van der Waals surface area contributed by atoms with E-state index in [1.54, 1.807) is 11.3 Å². The van der Waals surface area contributed by atoms with Gasteiger partial charge >= 0.3 is 5.97 Å². The second kappa shape index (κ2) is 6.48. The lowest BCUT2D eigenvalue weighted by Crippen LogP contribution is -2.40. The quantitative estimate of drug-likeness (QED) is 0.922. The molecular weight excluding hydrogens is 260 g/mol. The average molecular weight is 282 g/mol. The van der Waals surface area contributed by atoms with Gasteiger partial charge in [0.05, 0.1) is 10.7 Å². The fourth-order valence-corrected chi connectivity index (χ4v) is 3.33. The molecule has 2 rings (SSSR count). The van der Waals surface area contributed by atoms with Gasteiger partial charge in [-0.25, -0.2) is 4.98 Å². The minimum atomic E-state index is -0.693. The van der Waals surface area contributed by atoms with Crippen molar-refractivity contribution in [3.8, 4) is 0 Å². The monoisotopic (exact) mass is 282 g/mol. The van der Waals surface area contributed by atoms with Crippen LogP contribution in [0.2, 0.25) is 0 Å². The Hall–Kier alpha value is -0.940. The summed E-state index contributed by atoms with van der Waals surface area (Å²) in [5.74, 6) is -0.251. The molecular formula is C14H22N2O2S. The Bertz CT molecular complexity index is 431. The fraction of sp³-hybridized carbons (Fsp3) is 0.714. The zero-order valence-corrected chi connectivity index (χ0v) is 12.4. The number of carboxylic acid groups (broad SMARTS) is 1. The molecule has 2 heterocycles. The van der Waals surface area contributed by atoms with E-state index in [2.05, 4.69) is 29.1 Å². The molecule has 0 saturated carbocycles. The number of carboxylic acids is 1. The lowest BCUT2D eigenvalue weighted by Gasteiger charge is -2.25. The molecule has 0 bridgehead atoms. The molecule has 1 aliphatic rings. The predicted molar refractivity (Wildman–Crippen MR) is 76.5 cm³/mol. The van der Waals surface area contributed by atoms with Crippen LogP contribution in [0, 0.1) is 0 Å². The van der Waals surface area contributed by atoms with E-state index in [0.29, 0.717) is 12.5 Å². The van der Waals surface area contributed by atoms with Crippen LogP contribution in [0.4, 0.5) is 0 Å². The summed E-state index contributed by atoms with van der Waals surface area (Å²) in [5.41, 5.74) is 1.02. The average Bonchev–Trinajstić information content (AvgIpc) is 2.68. The van der Waals surface area contributed by atoms with Crippen LogP contribution in [0.3, 0.4) is 0 Å². The van der Waals surface area contributed by atoms with Crippen molar-refractivity contribution < 1.29 is 9.90 Å². The van der Waals surface area contributed by atoms with Gasteiger partial charge < -0.3 is 5.11 Å². The van der Waals surface area contributed by atoms with E-state index < -0.39 is 5.97 Å². The molecule has 1 unspecified atom stereocenters. The lowest BCUT2D eigenvalue weighted by atomic mass is 10.1. The second-order valence-corrected chi connectivity index (χ2v) is 6.40. The largest absolute Gasteiger partial charge is 0.480 e. The molecule has 4 nitrogen and oxygen atoms in total. The summed E-state index contributed by atoms with van der Waals surface area (Å²) in [6, 6.07) is -0.341. The fourth-order valence-electron chi connectivity index (χ4n) is 2.51. The molecule has 0 aliphatic carbocycles. The zero-order chi connectivity index (χ0) is 13.8. The zero-order valence-electron chi connectivity index (χ0n) is 11.6. The summed E-state index contributed by atoms with van der Waals surface area (Å²) < 4.78 is 0. The number of aromatic nitrogens is 1. The van der Waals surface area contributed by atoms with Gasteiger partial charge in [-0.3, -0.25) is 9.69 Å². The van der Waals surface area contributed by atoms with Crippen LogP contribution in [-0.2, 0) is 11.3 Å². The summed E-state index contributed by atoms with van der Waals surface area (Å²) >= 11 is 1.68. The van der Waals surface area contributed by atoms with Crippen molar-refractivity contribution in [1.82, 2.24) is 9.88 Å². The Labute approximate surface area is 118 Å². The summed E-state index contributed by atoms with van der Waals surface area (Å²) in [6.07, 6.45) is 4.00. The summed E-state index contributed by atoms with van der Waals surface area (Å²) in [5, 5.41) is 12.6. The van der Waals surface area contributed by atoms with Gasteiger partial charge in [0.2, 0.25) is 0 Å². The van der Waals surface area contributed by atoms with E-state index in [1.165, 1.54) is 0 Å². The number of rotatable bonds is 4. The number of carbonyl (C=O) groups is 1. The van der Waals surface area contributed by atoms with E-state index in [4.69, 9.17) is 0 Å². The maximum atomic E-state index is 11.4. The first-order valence-corrected chi connectivity index (χ1v) is 7.87. The maximum absolute atomic E-state index is 11.4. The van der Waals surface area contributed by atoms with Crippen molar-refractivity contribution in [2.75, 3.05) is 6.54 Å². The van der Waals surface area contributed by atoms with E-state index in [9.17, 15) is 9.90 Å². The Morgan fingerprint density at radius 1 is 1.53 bits per heavy atom. The third-order valence-corrected chi connectivity index (χ3v) is 4.77. The van der Waals surface area contributed by atoms with E-state index >= 15 is 0 Å². The molecule has 1 aliphatic heterocycles. The summed E-state index contributed by atoms with van der Waals surface area (Å²) in [4.78, 5) is 18.1. The van der Waals surface area contributed by atoms with Gasteiger partial charge in [0.15, 0.2) is 0 Å². The van der Waals surface area contributed by atoms with E-state index in [1.807, 2.05) is 0 Å². The standard InChI is InChI=1S/C14H22N2O2S/c1-10(2)13-15-11(9-19-13)8-16-7-5-3-4-6-12(16)14(17)18/h9-10,12H,3-8H2,1-2H3,(H,17,18). The number of likely N-dealkylation sites (tertiary alicyclic amines) is 1. The van der Waals surface area contributed by atoms with E-state index in [0.717, 1.165) is 42.9 Å². The van der Waals surface area contributed by atoms with Crippen LogP contribution >= 0.6 is 11.3 Å². The first-order chi connectivity index (χ1) is 9.08. The first-order valence-electron chi connectivity index (χ1n) is 6.99. The number of aliphatic carboxylic acids is 1. The number of thiazole rings is 1. The molecule has 5 heteroatoms. The minimum absolute atomic E-state index is 0.341. The first kappa shape index (κ1) is 14.5. The molecule has 1 N–H and O–H groups in total. The van der Waals surface area contributed by atoms with Gasteiger partial charge in [0, 0.05) is 17.8 Å². The van der Waals surface area contributed by atoms with Crippen LogP contribution in [0.25, 0.3) is 0 Å². The van der Waals surface area contributed by atoms with Crippen molar-refractivity contribution in [3.63, 3.8) is 0 Å². The van der Waals surface area contributed by atoms with Crippen LogP contribution in [0.15, 0.2) is 5.38 Å². The molecule has 19 heavy (non-hydrogen) atoms. The molecule has 0 aromatic carbocycles. The summed E-state index contributed by atoms with van der Waals surface area (Å²) in [7, 11) is 0. The molecule has 0 amide bonds. The Kier molecular flexibility index (Phi) is 4.93. The molecule has 1 aromatic rings. The van der Waals surface area contributed by atoms with Crippen molar-refractivity contribution in [1.29, 1.82) is 0 Å². The number of hydrogen-bond acceptors (Lipinski definition) is 4. The molecule has 106 valence electrons. The molecule has 0 radical (unpaired) electrons. The highest BCUT2D eigenvalue weighted by molar-refractivity contribution is 7.09. The smallest absolute Gasteiger partial charge is 0.320 e. The Balaban J connectivity index is 2.07. The minimum Gasteiger partial charge on any atom is -0.480 e. The van der Waals surface area contributed by atoms with Gasteiger partial charge in [-0.1, -0.05) is 26.7 Å². The number of nitrogens with zero attached hydrogens (tertiary/aromatic N) is 2. The van der Waals surface area contributed by atoms with Crippen LogP contribution < -0.4 is 0 Å². The topological polar surface area (TPSA) is 53.4 Å². The van der Waals surface area contributed by atoms with Gasteiger partial charge in [0.25, 0.3) is 0 Å². The lowest BCUT2D eigenvalue weighted by molar-refractivity contribution is -0.143. The SMILES string of the molecule is CC(C)c1nc(CN2CCCCCC2C(=O)O)cs1. The third-order valence-electron chi connectivity index (χ3n) is 3.58. The highest BCUT2D eigenvalue weighted by atomic mass is 32.1. The Morgan fingerprint density at radius 2 is 2.32 bits per heavy atom. The van der Waals surface area contributed by atoms with Crippen LogP contribution in [0.1, 0.15) is 56.2 Å². The molecule has 1 aromatic heterocycles. The second-order valence-electron chi connectivity index (χ2n) is 5.51. The van der Waals surface area contributed by atoms with Crippen molar-refractivity contribution in [2.45, 2.75) is 58.0 Å².